The molecule has 1 saturated heterocycles. The van der Waals surface area contributed by atoms with Gasteiger partial charge in [-0.2, -0.15) is 0 Å². The molecular formula is C29H27NO7. The van der Waals surface area contributed by atoms with Gasteiger partial charge in [-0.1, -0.05) is 36.4 Å². The van der Waals surface area contributed by atoms with Crippen LogP contribution in [0.15, 0.2) is 78.4 Å². The van der Waals surface area contributed by atoms with Crippen LogP contribution in [-0.2, 0) is 20.9 Å². The number of esters is 1. The van der Waals surface area contributed by atoms with Crippen LogP contribution in [0.25, 0.3) is 5.76 Å². The molecule has 37 heavy (non-hydrogen) atoms. The Bertz CT molecular complexity index is 1340. The number of ether oxygens (including phenoxy) is 2. The molecular weight excluding hydrogens is 474 g/mol. The first-order valence-electron chi connectivity index (χ1n) is 11.9. The van der Waals surface area contributed by atoms with E-state index in [9.17, 15) is 24.6 Å². The van der Waals surface area contributed by atoms with Crippen LogP contribution in [0.1, 0.15) is 46.9 Å². The molecule has 0 saturated carbocycles. The fourth-order valence-electron chi connectivity index (χ4n) is 4.26. The Hall–Kier alpha value is -4.59. The Morgan fingerprint density at radius 1 is 0.919 bits per heavy atom. The average Bonchev–Trinajstić information content (AvgIpc) is 3.14. The van der Waals surface area contributed by atoms with Gasteiger partial charge in [-0.25, -0.2) is 4.79 Å². The summed E-state index contributed by atoms with van der Waals surface area (Å²) in [7, 11) is 0. The minimum atomic E-state index is -0.902. The van der Waals surface area contributed by atoms with Gasteiger partial charge in [0.2, 0.25) is 0 Å². The quantitative estimate of drug-likeness (QED) is 0.201. The summed E-state index contributed by atoms with van der Waals surface area (Å²) < 4.78 is 10.5. The molecule has 1 heterocycles. The predicted molar refractivity (Wildman–Crippen MR) is 136 cm³/mol. The number of aliphatic hydroxyl groups is 1. The number of aromatic hydroxyl groups is 1. The molecule has 3 aromatic rings. The van der Waals surface area contributed by atoms with E-state index in [0.29, 0.717) is 34.6 Å². The summed E-state index contributed by atoms with van der Waals surface area (Å²) in [5.74, 6) is -1.81. The number of aliphatic hydroxyl groups excluding tert-OH is 1. The first-order chi connectivity index (χ1) is 17.8. The standard InChI is InChI=1S/C29H27NO7/c1-3-36-23-7-5-6-21(16-23)26(32)24-25(19-12-14-22(31)15-13-19)30(28(34)27(24)33)17-18-8-10-20(11-9-18)29(35)37-4-2/h5-16,25,31-32H,3-4,17H2,1-2H3/b26-24+. The second-order valence-electron chi connectivity index (χ2n) is 8.40. The molecule has 0 spiro atoms. The lowest BCUT2D eigenvalue weighted by Gasteiger charge is -2.25. The number of amides is 1. The van der Waals surface area contributed by atoms with Crippen LogP contribution < -0.4 is 4.74 Å². The van der Waals surface area contributed by atoms with Gasteiger partial charge in [0.15, 0.2) is 0 Å². The number of likely N-dealkylation sites (tertiary alicyclic amines) is 1. The molecule has 4 rings (SSSR count). The third-order valence-corrected chi connectivity index (χ3v) is 5.99. The van der Waals surface area contributed by atoms with Crippen LogP contribution in [0.4, 0.5) is 0 Å². The molecule has 1 atom stereocenters. The summed E-state index contributed by atoms with van der Waals surface area (Å²) in [6, 6.07) is 18.4. The number of phenolic OH excluding ortho intramolecular Hbond substituents is 1. The highest BCUT2D eigenvalue weighted by Crippen LogP contribution is 2.41. The summed E-state index contributed by atoms with van der Waals surface area (Å²) in [5.41, 5.74) is 1.87. The molecule has 8 nitrogen and oxygen atoms in total. The molecule has 1 aliphatic heterocycles. The van der Waals surface area contributed by atoms with E-state index in [0.717, 1.165) is 0 Å². The van der Waals surface area contributed by atoms with Crippen molar-refractivity contribution in [2.24, 2.45) is 0 Å². The first-order valence-corrected chi connectivity index (χ1v) is 11.9. The SMILES string of the molecule is CCOC(=O)c1ccc(CN2C(=O)C(=O)/C(=C(/O)c3cccc(OCC)c3)C2c2ccc(O)cc2)cc1. The van der Waals surface area contributed by atoms with Crippen molar-refractivity contribution in [1.29, 1.82) is 0 Å². The van der Waals surface area contributed by atoms with E-state index in [4.69, 9.17) is 9.47 Å². The van der Waals surface area contributed by atoms with E-state index in [2.05, 4.69) is 0 Å². The maximum Gasteiger partial charge on any atom is 0.338 e. The molecule has 0 aromatic heterocycles. The highest BCUT2D eigenvalue weighted by atomic mass is 16.5. The van der Waals surface area contributed by atoms with Crippen molar-refractivity contribution in [3.8, 4) is 11.5 Å². The Kier molecular flexibility index (Phi) is 7.57. The number of phenols is 1. The van der Waals surface area contributed by atoms with E-state index < -0.39 is 23.7 Å². The van der Waals surface area contributed by atoms with Crippen molar-refractivity contribution in [3.63, 3.8) is 0 Å². The zero-order valence-corrected chi connectivity index (χ0v) is 20.5. The fraction of sp³-hybridized carbons (Fsp3) is 0.207. The minimum Gasteiger partial charge on any atom is -0.508 e. The summed E-state index contributed by atoms with van der Waals surface area (Å²) in [6.07, 6.45) is 0. The van der Waals surface area contributed by atoms with Gasteiger partial charge in [0, 0.05) is 12.1 Å². The van der Waals surface area contributed by atoms with E-state index >= 15 is 0 Å². The van der Waals surface area contributed by atoms with Crippen LogP contribution in [0.2, 0.25) is 0 Å². The number of carbonyl (C=O) groups excluding carboxylic acids is 3. The second kappa shape index (κ2) is 11.0. The van der Waals surface area contributed by atoms with Crippen LogP contribution >= 0.6 is 0 Å². The molecule has 1 fully saturated rings. The highest BCUT2D eigenvalue weighted by Gasteiger charge is 2.46. The van der Waals surface area contributed by atoms with Gasteiger partial charge >= 0.3 is 5.97 Å². The summed E-state index contributed by atoms with van der Waals surface area (Å²) in [4.78, 5) is 39.8. The smallest absolute Gasteiger partial charge is 0.338 e. The van der Waals surface area contributed by atoms with Gasteiger partial charge in [0.25, 0.3) is 11.7 Å². The number of hydrogen-bond acceptors (Lipinski definition) is 7. The van der Waals surface area contributed by atoms with Gasteiger partial charge in [0.05, 0.1) is 30.4 Å². The predicted octanol–water partition coefficient (Wildman–Crippen LogP) is 4.59. The minimum absolute atomic E-state index is 0.0275. The lowest BCUT2D eigenvalue weighted by Crippen LogP contribution is -2.29. The van der Waals surface area contributed by atoms with Gasteiger partial charge in [0.1, 0.15) is 17.3 Å². The Morgan fingerprint density at radius 3 is 2.27 bits per heavy atom. The summed E-state index contributed by atoms with van der Waals surface area (Å²) >= 11 is 0. The summed E-state index contributed by atoms with van der Waals surface area (Å²) in [5, 5.41) is 21.0. The van der Waals surface area contributed by atoms with Crippen LogP contribution in [0.5, 0.6) is 11.5 Å². The number of hydrogen-bond donors (Lipinski definition) is 2. The van der Waals surface area contributed by atoms with E-state index in [1.54, 1.807) is 67.6 Å². The Labute approximate surface area is 214 Å². The van der Waals surface area contributed by atoms with Gasteiger partial charge in [-0.3, -0.25) is 9.59 Å². The van der Waals surface area contributed by atoms with Gasteiger partial charge < -0.3 is 24.6 Å². The van der Waals surface area contributed by atoms with Crippen molar-refractivity contribution in [2.45, 2.75) is 26.4 Å². The third-order valence-electron chi connectivity index (χ3n) is 5.99. The molecule has 190 valence electrons. The first kappa shape index (κ1) is 25.5. The van der Waals surface area contributed by atoms with E-state index in [1.165, 1.54) is 17.0 Å². The van der Waals surface area contributed by atoms with Crippen molar-refractivity contribution >= 4 is 23.4 Å². The van der Waals surface area contributed by atoms with Crippen LogP contribution in [0, 0.1) is 0 Å². The number of rotatable bonds is 8. The molecule has 1 amide bonds. The monoisotopic (exact) mass is 501 g/mol. The maximum atomic E-state index is 13.2. The van der Waals surface area contributed by atoms with Crippen molar-refractivity contribution in [2.75, 3.05) is 13.2 Å². The van der Waals surface area contributed by atoms with Crippen LogP contribution in [0.3, 0.4) is 0 Å². The molecule has 3 aromatic carbocycles. The second-order valence-corrected chi connectivity index (χ2v) is 8.40. The highest BCUT2D eigenvalue weighted by molar-refractivity contribution is 6.46. The maximum absolute atomic E-state index is 13.2. The van der Waals surface area contributed by atoms with Crippen molar-refractivity contribution in [1.82, 2.24) is 4.90 Å². The molecule has 1 aliphatic rings. The topological polar surface area (TPSA) is 113 Å². The Balaban J connectivity index is 1.76. The molecule has 0 radical (unpaired) electrons. The number of Topliss-reactive ketones (excluding diaryl/α,β-unsaturated/α-hetero) is 1. The van der Waals surface area contributed by atoms with Crippen molar-refractivity contribution in [3.05, 3.63) is 101 Å². The van der Waals surface area contributed by atoms with E-state index in [-0.39, 0.29) is 30.2 Å². The number of carbonyl (C=O) groups is 3. The zero-order valence-electron chi connectivity index (χ0n) is 20.5. The summed E-state index contributed by atoms with van der Waals surface area (Å²) in [6.45, 7) is 4.29. The van der Waals surface area contributed by atoms with Crippen LogP contribution in [-0.4, -0.2) is 46.0 Å². The molecule has 2 N–H and O–H groups in total. The fourth-order valence-corrected chi connectivity index (χ4v) is 4.26. The van der Waals surface area contributed by atoms with Gasteiger partial charge in [-0.15, -0.1) is 0 Å². The Morgan fingerprint density at radius 2 is 1.62 bits per heavy atom. The number of benzene rings is 3. The number of ketones is 1. The largest absolute Gasteiger partial charge is 0.508 e. The lowest BCUT2D eigenvalue weighted by molar-refractivity contribution is -0.140. The van der Waals surface area contributed by atoms with Gasteiger partial charge in [-0.05, 0) is 61.4 Å². The van der Waals surface area contributed by atoms with E-state index in [1.807, 2.05) is 6.92 Å². The molecule has 0 bridgehead atoms. The average molecular weight is 502 g/mol. The zero-order chi connectivity index (χ0) is 26.5. The lowest BCUT2D eigenvalue weighted by atomic mass is 9.95. The number of nitrogens with zero attached hydrogens (tertiary/aromatic N) is 1. The molecule has 1 unspecified atom stereocenters. The third kappa shape index (κ3) is 5.33. The normalized spacial score (nSPS) is 16.6. The molecule has 0 aliphatic carbocycles. The van der Waals surface area contributed by atoms with Crippen molar-refractivity contribution < 1.29 is 34.1 Å². The molecule has 8 heteroatoms.